The van der Waals surface area contributed by atoms with Gasteiger partial charge in [0.15, 0.2) is 5.82 Å². The van der Waals surface area contributed by atoms with Gasteiger partial charge in [-0.25, -0.2) is 18.7 Å². The number of ether oxygens (including phenoxy) is 1. The van der Waals surface area contributed by atoms with Gasteiger partial charge in [-0.2, -0.15) is 10.2 Å². The molecule has 2 aliphatic rings. The van der Waals surface area contributed by atoms with Crippen LogP contribution in [-0.2, 0) is 31.3 Å². The van der Waals surface area contributed by atoms with Crippen molar-refractivity contribution >= 4 is 27.7 Å². The van der Waals surface area contributed by atoms with Crippen LogP contribution in [0.3, 0.4) is 0 Å². The van der Waals surface area contributed by atoms with E-state index < -0.39 is 5.76 Å². The summed E-state index contributed by atoms with van der Waals surface area (Å²) in [6, 6.07) is 17.3. The van der Waals surface area contributed by atoms with Crippen molar-refractivity contribution in [3.05, 3.63) is 140 Å². The Hall–Kier alpha value is -6.81. The lowest BCUT2D eigenvalue weighted by atomic mass is 9.91. The zero-order valence-electron chi connectivity index (χ0n) is 32.1. The molecular weight excluding hydrogens is 744 g/mol. The van der Waals surface area contributed by atoms with Crippen molar-refractivity contribution in [2.45, 2.75) is 52.1 Å². The van der Waals surface area contributed by atoms with E-state index in [1.807, 2.05) is 41.9 Å². The summed E-state index contributed by atoms with van der Waals surface area (Å²) in [5.74, 6) is -0.118. The molecule has 1 saturated heterocycles. The topological polar surface area (TPSA) is 156 Å². The van der Waals surface area contributed by atoms with Crippen molar-refractivity contribution in [1.29, 1.82) is 0 Å². The summed E-state index contributed by atoms with van der Waals surface area (Å²) in [7, 11) is 1.87. The van der Waals surface area contributed by atoms with Crippen LogP contribution in [-0.4, -0.2) is 74.0 Å². The van der Waals surface area contributed by atoms with E-state index in [4.69, 9.17) is 14.4 Å². The second kappa shape index (κ2) is 13.7. The molecule has 294 valence electrons. The molecule has 1 fully saturated rings. The fraction of sp³-hybridized carbons (Fsp3) is 0.286. The Labute approximate surface area is 329 Å². The molecule has 0 radical (unpaired) electrons. The summed E-state index contributed by atoms with van der Waals surface area (Å²) >= 11 is 0. The first-order chi connectivity index (χ1) is 28.1. The van der Waals surface area contributed by atoms with Crippen molar-refractivity contribution in [3.63, 3.8) is 0 Å². The van der Waals surface area contributed by atoms with Crippen LogP contribution < -0.4 is 11.4 Å². The quantitative estimate of drug-likeness (QED) is 0.231. The van der Waals surface area contributed by atoms with Gasteiger partial charge in [0.25, 0.3) is 5.91 Å². The van der Waals surface area contributed by atoms with Gasteiger partial charge >= 0.3 is 11.4 Å². The van der Waals surface area contributed by atoms with E-state index in [1.165, 1.54) is 10.1 Å². The van der Waals surface area contributed by atoms with Gasteiger partial charge in [0.05, 0.1) is 41.9 Å². The third-order valence-electron chi connectivity index (χ3n) is 11.6. The highest BCUT2D eigenvalue weighted by molar-refractivity contribution is 5.99. The molecule has 1 N–H and O–H groups in total. The number of aromatic nitrogens is 9. The van der Waals surface area contributed by atoms with Crippen LogP contribution in [0.15, 0.2) is 87.3 Å². The Bertz CT molecular complexity index is 3020. The smallest absolute Gasteiger partial charge is 0.381 e. The molecule has 15 nitrogen and oxygen atoms in total. The number of carbonyl (C=O) groups is 1. The average Bonchev–Trinajstić information content (AvgIpc) is 4.07. The van der Waals surface area contributed by atoms with E-state index in [-0.39, 0.29) is 36.3 Å². The highest BCUT2D eigenvalue weighted by Gasteiger charge is 2.32. The van der Waals surface area contributed by atoms with Gasteiger partial charge in [-0.15, -0.1) is 0 Å². The fourth-order valence-corrected chi connectivity index (χ4v) is 8.60. The van der Waals surface area contributed by atoms with E-state index in [0.717, 1.165) is 40.3 Å². The Kier molecular flexibility index (Phi) is 8.40. The number of hydrogen-bond donors (Lipinski definition) is 1. The van der Waals surface area contributed by atoms with Gasteiger partial charge in [-0.3, -0.25) is 28.1 Å². The number of benzene rings is 3. The number of imidazole rings is 1. The first kappa shape index (κ1) is 35.6. The zero-order chi connectivity index (χ0) is 39.8. The number of H-pyrrole nitrogens is 1. The maximum Gasteiger partial charge on any atom is 0.438 e. The molecule has 0 saturated carbocycles. The van der Waals surface area contributed by atoms with Crippen molar-refractivity contribution in [3.8, 4) is 17.2 Å². The van der Waals surface area contributed by atoms with Gasteiger partial charge in [0.2, 0.25) is 0 Å². The summed E-state index contributed by atoms with van der Waals surface area (Å²) in [5.41, 5.74) is 6.59. The minimum absolute atomic E-state index is 0.103. The van der Waals surface area contributed by atoms with Crippen LogP contribution in [0.5, 0.6) is 0 Å². The number of nitrogens with zero attached hydrogens (tertiary/aromatic N) is 9. The zero-order valence-corrected chi connectivity index (χ0v) is 32.1. The monoisotopic (exact) mass is 782 g/mol. The number of hydrogen-bond acceptors (Lipinski definition) is 8. The summed E-state index contributed by atoms with van der Waals surface area (Å²) in [4.78, 5) is 45.6. The molecule has 0 aliphatic carbocycles. The van der Waals surface area contributed by atoms with Crippen molar-refractivity contribution in [2.24, 2.45) is 7.05 Å². The van der Waals surface area contributed by atoms with Crippen LogP contribution in [0.4, 0.5) is 4.39 Å². The van der Waals surface area contributed by atoms with Crippen molar-refractivity contribution in [2.75, 3.05) is 19.8 Å². The molecule has 0 bridgehead atoms. The summed E-state index contributed by atoms with van der Waals surface area (Å²) in [5, 5.41) is 15.0. The number of nitrogens with one attached hydrogen (secondary N) is 1. The van der Waals surface area contributed by atoms with Crippen molar-refractivity contribution < 1.29 is 18.4 Å². The highest BCUT2D eigenvalue weighted by atomic mass is 19.1. The number of amides is 1. The van der Waals surface area contributed by atoms with Gasteiger partial charge in [-0.1, -0.05) is 11.2 Å². The number of halogens is 1. The maximum atomic E-state index is 14.9. The molecule has 8 aromatic rings. The molecule has 0 spiro atoms. The van der Waals surface area contributed by atoms with E-state index in [0.29, 0.717) is 71.7 Å². The molecule has 0 unspecified atom stereocenters. The second-order valence-corrected chi connectivity index (χ2v) is 15.2. The molecule has 10 rings (SSSR count). The summed E-state index contributed by atoms with van der Waals surface area (Å²) in [6.07, 6.45) is 7.42. The Morgan fingerprint density at radius 2 is 1.71 bits per heavy atom. The maximum absolute atomic E-state index is 14.9. The van der Waals surface area contributed by atoms with Crippen LogP contribution in [0.2, 0.25) is 0 Å². The summed E-state index contributed by atoms with van der Waals surface area (Å²) in [6.45, 7) is 5.44. The lowest BCUT2D eigenvalue weighted by Crippen LogP contribution is -2.37. The first-order valence-electron chi connectivity index (χ1n) is 19.3. The second-order valence-electron chi connectivity index (χ2n) is 15.2. The summed E-state index contributed by atoms with van der Waals surface area (Å²) < 4.78 is 33.8. The average molecular weight is 783 g/mol. The molecule has 7 heterocycles. The molecule has 3 aromatic carbocycles. The van der Waals surface area contributed by atoms with Gasteiger partial charge in [-0.05, 0) is 97.8 Å². The lowest BCUT2D eigenvalue weighted by Gasteiger charge is -2.27. The highest BCUT2D eigenvalue weighted by Crippen LogP contribution is 2.33. The lowest BCUT2D eigenvalue weighted by molar-refractivity contribution is 0.0724. The molecule has 58 heavy (non-hydrogen) atoms. The third-order valence-corrected chi connectivity index (χ3v) is 11.6. The van der Waals surface area contributed by atoms with Gasteiger partial charge in [0, 0.05) is 67.5 Å². The fourth-order valence-electron chi connectivity index (χ4n) is 8.60. The minimum Gasteiger partial charge on any atom is -0.381 e. The predicted octanol–water partition coefficient (Wildman–Crippen LogP) is 5.23. The Morgan fingerprint density at radius 1 is 0.931 bits per heavy atom. The minimum atomic E-state index is -0.678. The SMILES string of the molecule is Cc1cc(-n2nc3c(c2-n2ccn(-c4ccc5c(cnn5C)c4)c2=O)CN(C(=O)c2cc4cc(C5CCOCC5)ccc4n2Cc2noc(=O)[nH]2)CC3)cc(C)c1F. The van der Waals surface area contributed by atoms with Gasteiger partial charge in [0.1, 0.15) is 17.3 Å². The molecule has 1 amide bonds. The molecule has 16 heteroatoms. The molecular formula is C42H39FN10O5. The largest absolute Gasteiger partial charge is 0.438 e. The van der Waals surface area contributed by atoms with Crippen LogP contribution >= 0.6 is 0 Å². The number of aromatic amines is 1. The van der Waals surface area contributed by atoms with Crippen LogP contribution in [0, 0.1) is 19.7 Å². The van der Waals surface area contributed by atoms with E-state index in [1.54, 1.807) is 63.4 Å². The van der Waals surface area contributed by atoms with E-state index >= 15 is 0 Å². The normalized spacial score (nSPS) is 14.9. The Morgan fingerprint density at radius 3 is 2.48 bits per heavy atom. The van der Waals surface area contributed by atoms with Crippen LogP contribution in [0.1, 0.15) is 63.0 Å². The third kappa shape index (κ3) is 5.90. The van der Waals surface area contributed by atoms with Crippen LogP contribution in [0.25, 0.3) is 39.0 Å². The molecule has 2 aliphatic heterocycles. The Balaban J connectivity index is 1.07. The number of rotatable bonds is 7. The molecule has 5 aromatic heterocycles. The first-order valence-corrected chi connectivity index (χ1v) is 19.3. The standard InChI is InChI=1S/C42H39FN10O5/c1-24-16-31(17-25(2)38(24)43)53-39(51-13-12-50(42(51)56)30-5-7-34-29(19-30)21-44-48(34)3)32-22-49(11-8-33(32)46-53)40(54)36-20-28-18-27(26-9-14-57-15-10-26)4-6-35(28)52(36)23-37-45-41(55)58-47-37/h4-7,12-13,16-21,26H,8-11,14-15,22-23H2,1-3H3,(H,45,47,55). The number of carbonyl (C=O) groups excluding carboxylic acids is 1. The predicted molar refractivity (Wildman–Crippen MR) is 212 cm³/mol. The molecule has 0 atom stereocenters. The number of aryl methyl sites for hydroxylation is 3. The van der Waals surface area contributed by atoms with Gasteiger partial charge < -0.3 is 14.2 Å². The number of fused-ring (bicyclic) bond motifs is 3. The van der Waals surface area contributed by atoms with E-state index in [2.05, 4.69) is 27.4 Å². The van der Waals surface area contributed by atoms with E-state index in [9.17, 15) is 18.8 Å². The van der Waals surface area contributed by atoms with Crippen molar-refractivity contribution in [1.82, 2.24) is 48.3 Å².